The lowest BCUT2D eigenvalue weighted by atomic mass is 10.1. The summed E-state index contributed by atoms with van der Waals surface area (Å²) in [5.74, 6) is 0.802. The highest BCUT2D eigenvalue weighted by atomic mass is 79.9. The van der Waals surface area contributed by atoms with E-state index in [9.17, 15) is 0 Å². The first-order valence-corrected chi connectivity index (χ1v) is 5.56. The molecule has 0 saturated heterocycles. The average Bonchev–Trinajstić information content (AvgIpc) is 2.57. The molecule has 0 fully saturated rings. The van der Waals surface area contributed by atoms with E-state index >= 15 is 0 Å². The van der Waals surface area contributed by atoms with Crippen LogP contribution in [0, 0.1) is 0 Å². The number of nitrogens with two attached hydrogens (primary N) is 1. The molecule has 2 N–H and O–H groups in total. The fourth-order valence-electron chi connectivity index (χ4n) is 1.17. The Bertz CT molecular complexity index is 465. The summed E-state index contributed by atoms with van der Waals surface area (Å²) in [5, 5.41) is 0. The average molecular weight is 317 g/mol. The molecule has 1 heterocycles. The second-order valence-electron chi connectivity index (χ2n) is 2.84. The molecule has 0 atom stereocenters. The van der Waals surface area contributed by atoms with Gasteiger partial charge in [0.25, 0.3) is 0 Å². The molecule has 1 aromatic heterocycles. The Balaban J connectivity index is 2.47. The van der Waals surface area contributed by atoms with Gasteiger partial charge in [-0.1, -0.05) is 0 Å². The van der Waals surface area contributed by atoms with Gasteiger partial charge < -0.3 is 10.2 Å². The maximum Gasteiger partial charge on any atom is 0.169 e. The monoisotopic (exact) mass is 315 g/mol. The lowest BCUT2D eigenvalue weighted by molar-refractivity contribution is 0.556. The maximum atomic E-state index is 5.76. The SMILES string of the molecule is Nc1cc(-c2ccc(Br)o2)ccc1Br. The van der Waals surface area contributed by atoms with E-state index in [1.807, 2.05) is 30.3 Å². The number of hydrogen-bond donors (Lipinski definition) is 1. The molecular weight excluding hydrogens is 310 g/mol. The molecule has 1 aromatic carbocycles. The van der Waals surface area contributed by atoms with Crippen molar-refractivity contribution < 1.29 is 4.42 Å². The van der Waals surface area contributed by atoms with Gasteiger partial charge in [0, 0.05) is 15.7 Å². The Hall–Kier alpha value is -0.740. The summed E-state index contributed by atoms with van der Waals surface area (Å²) in [7, 11) is 0. The Morgan fingerprint density at radius 1 is 1.07 bits per heavy atom. The first kappa shape index (κ1) is 9.80. The maximum absolute atomic E-state index is 5.76. The van der Waals surface area contributed by atoms with Crippen LogP contribution < -0.4 is 5.73 Å². The summed E-state index contributed by atoms with van der Waals surface area (Å²) < 4.78 is 7.02. The Morgan fingerprint density at radius 3 is 2.43 bits per heavy atom. The predicted octanol–water partition coefficient (Wildman–Crippen LogP) is 4.05. The van der Waals surface area contributed by atoms with Gasteiger partial charge in [-0.2, -0.15) is 0 Å². The van der Waals surface area contributed by atoms with Crippen molar-refractivity contribution in [3.63, 3.8) is 0 Å². The van der Waals surface area contributed by atoms with Crippen molar-refractivity contribution in [1.82, 2.24) is 0 Å². The number of benzene rings is 1. The van der Waals surface area contributed by atoms with Gasteiger partial charge in [-0.05, 0) is 62.2 Å². The molecule has 14 heavy (non-hydrogen) atoms. The first-order valence-electron chi connectivity index (χ1n) is 3.97. The van der Waals surface area contributed by atoms with Crippen molar-refractivity contribution >= 4 is 37.5 Å². The van der Waals surface area contributed by atoms with Crippen LogP contribution in [-0.2, 0) is 0 Å². The third-order valence-electron chi connectivity index (χ3n) is 1.85. The molecule has 72 valence electrons. The van der Waals surface area contributed by atoms with Crippen LogP contribution in [0.4, 0.5) is 5.69 Å². The number of nitrogen functional groups attached to an aromatic ring is 1. The third-order valence-corrected chi connectivity index (χ3v) is 3.00. The van der Waals surface area contributed by atoms with Gasteiger partial charge in [-0.25, -0.2) is 0 Å². The molecule has 0 unspecified atom stereocenters. The molecule has 2 aromatic rings. The van der Waals surface area contributed by atoms with E-state index in [0.717, 1.165) is 15.8 Å². The van der Waals surface area contributed by atoms with Crippen molar-refractivity contribution in [3.8, 4) is 11.3 Å². The Labute approximate surface area is 98.4 Å². The number of anilines is 1. The molecule has 0 amide bonds. The standard InChI is InChI=1S/C10H7Br2NO/c11-7-2-1-6(5-8(7)13)9-3-4-10(12)14-9/h1-5H,13H2. The molecule has 0 aliphatic heterocycles. The minimum absolute atomic E-state index is 0.704. The van der Waals surface area contributed by atoms with Gasteiger partial charge in [-0.3, -0.25) is 0 Å². The molecule has 0 aliphatic rings. The number of hydrogen-bond acceptors (Lipinski definition) is 2. The van der Waals surface area contributed by atoms with Crippen LogP contribution in [0.5, 0.6) is 0 Å². The zero-order valence-electron chi connectivity index (χ0n) is 7.13. The molecule has 0 saturated carbocycles. The van der Waals surface area contributed by atoms with Crippen molar-refractivity contribution in [3.05, 3.63) is 39.5 Å². The zero-order chi connectivity index (χ0) is 10.1. The highest BCUT2D eigenvalue weighted by molar-refractivity contribution is 9.10. The molecule has 2 rings (SSSR count). The zero-order valence-corrected chi connectivity index (χ0v) is 10.3. The first-order chi connectivity index (χ1) is 6.66. The number of halogens is 2. The van der Waals surface area contributed by atoms with Crippen molar-refractivity contribution in [1.29, 1.82) is 0 Å². The fraction of sp³-hybridized carbons (Fsp3) is 0. The summed E-state index contributed by atoms with van der Waals surface area (Å²) >= 11 is 6.60. The fourth-order valence-corrected chi connectivity index (χ4v) is 1.72. The largest absolute Gasteiger partial charge is 0.449 e. The lowest BCUT2D eigenvalue weighted by Gasteiger charge is -2.00. The Kier molecular flexibility index (Phi) is 2.65. The summed E-state index contributed by atoms with van der Waals surface area (Å²) in [6, 6.07) is 9.47. The summed E-state index contributed by atoms with van der Waals surface area (Å²) in [4.78, 5) is 0. The van der Waals surface area contributed by atoms with Gasteiger partial charge in [0.2, 0.25) is 0 Å². The van der Waals surface area contributed by atoms with E-state index < -0.39 is 0 Å². The quantitative estimate of drug-likeness (QED) is 0.806. The van der Waals surface area contributed by atoms with E-state index in [-0.39, 0.29) is 0 Å². The second-order valence-corrected chi connectivity index (χ2v) is 4.48. The van der Waals surface area contributed by atoms with Gasteiger partial charge in [-0.15, -0.1) is 0 Å². The van der Waals surface area contributed by atoms with E-state index in [0.29, 0.717) is 10.4 Å². The van der Waals surface area contributed by atoms with Crippen molar-refractivity contribution in [2.24, 2.45) is 0 Å². The van der Waals surface area contributed by atoms with Crippen LogP contribution in [0.15, 0.2) is 43.9 Å². The lowest BCUT2D eigenvalue weighted by Crippen LogP contribution is -1.86. The van der Waals surface area contributed by atoms with Crippen LogP contribution >= 0.6 is 31.9 Å². The van der Waals surface area contributed by atoms with Crippen molar-refractivity contribution in [2.45, 2.75) is 0 Å². The van der Waals surface area contributed by atoms with Crippen LogP contribution in [0.25, 0.3) is 11.3 Å². The molecule has 4 heteroatoms. The van der Waals surface area contributed by atoms with Crippen LogP contribution in [0.3, 0.4) is 0 Å². The summed E-state index contributed by atoms with van der Waals surface area (Å²) in [6.45, 7) is 0. The van der Waals surface area contributed by atoms with E-state index in [2.05, 4.69) is 31.9 Å². The summed E-state index contributed by atoms with van der Waals surface area (Å²) in [6.07, 6.45) is 0. The van der Waals surface area contributed by atoms with Crippen molar-refractivity contribution in [2.75, 3.05) is 5.73 Å². The molecule has 2 nitrogen and oxygen atoms in total. The highest BCUT2D eigenvalue weighted by Gasteiger charge is 2.04. The van der Waals surface area contributed by atoms with E-state index in [1.165, 1.54) is 0 Å². The topological polar surface area (TPSA) is 39.2 Å². The molecule has 0 aliphatic carbocycles. The van der Waals surface area contributed by atoms with Gasteiger partial charge in [0.1, 0.15) is 5.76 Å². The van der Waals surface area contributed by atoms with E-state index in [1.54, 1.807) is 0 Å². The van der Waals surface area contributed by atoms with Crippen LogP contribution in [0.2, 0.25) is 0 Å². The smallest absolute Gasteiger partial charge is 0.169 e. The molecule has 0 radical (unpaired) electrons. The molecule has 0 spiro atoms. The molecular formula is C10H7Br2NO. The van der Waals surface area contributed by atoms with Crippen LogP contribution in [-0.4, -0.2) is 0 Å². The van der Waals surface area contributed by atoms with Gasteiger partial charge in [0.15, 0.2) is 4.67 Å². The van der Waals surface area contributed by atoms with Gasteiger partial charge in [0.05, 0.1) is 0 Å². The number of rotatable bonds is 1. The second kappa shape index (κ2) is 3.79. The minimum Gasteiger partial charge on any atom is -0.449 e. The number of furan rings is 1. The highest BCUT2D eigenvalue weighted by Crippen LogP contribution is 2.29. The Morgan fingerprint density at radius 2 is 1.86 bits per heavy atom. The normalized spacial score (nSPS) is 10.4. The summed E-state index contributed by atoms with van der Waals surface area (Å²) in [5.41, 5.74) is 7.44. The predicted molar refractivity (Wildman–Crippen MR) is 64.0 cm³/mol. The molecule has 0 bridgehead atoms. The van der Waals surface area contributed by atoms with Gasteiger partial charge >= 0.3 is 0 Å². The van der Waals surface area contributed by atoms with E-state index in [4.69, 9.17) is 10.2 Å². The third kappa shape index (κ3) is 1.86. The van der Waals surface area contributed by atoms with Crippen LogP contribution in [0.1, 0.15) is 0 Å². The minimum atomic E-state index is 0.704.